The van der Waals surface area contributed by atoms with Crippen molar-refractivity contribution in [2.75, 3.05) is 7.11 Å². The zero-order valence-electron chi connectivity index (χ0n) is 8.82. The molecule has 98 valence electrons. The van der Waals surface area contributed by atoms with E-state index in [1.165, 1.54) is 0 Å². The number of aliphatic carboxylic acids is 1. The van der Waals surface area contributed by atoms with Crippen molar-refractivity contribution >= 4 is 11.7 Å². The highest BCUT2D eigenvalue weighted by atomic mass is 19.3. The molecule has 0 radical (unpaired) electrons. The molecule has 9 heteroatoms. The Kier molecular flexibility index (Phi) is 3.44. The predicted octanol–water partition coefficient (Wildman–Crippen LogP) is 1.92. The minimum Gasteiger partial charge on any atom is -0.493 e. The normalized spacial score (nSPS) is 11.1. The average molecular weight is 265 g/mol. The van der Waals surface area contributed by atoms with Crippen LogP contribution in [-0.4, -0.2) is 23.1 Å². The largest absolute Gasteiger partial charge is 0.493 e. The van der Waals surface area contributed by atoms with Crippen molar-refractivity contribution in [3.8, 4) is 5.75 Å². The summed E-state index contributed by atoms with van der Waals surface area (Å²) in [7, 11) is 0.983. The zero-order valence-corrected chi connectivity index (χ0v) is 8.82. The molecule has 18 heavy (non-hydrogen) atoms. The fourth-order valence-corrected chi connectivity index (χ4v) is 1.25. The Balaban J connectivity index is 3.61. The number of nitro groups is 1. The van der Waals surface area contributed by atoms with Gasteiger partial charge in [-0.15, -0.1) is 0 Å². The van der Waals surface area contributed by atoms with E-state index in [-0.39, 0.29) is 0 Å². The van der Waals surface area contributed by atoms with Gasteiger partial charge in [0.25, 0.3) is 0 Å². The number of nitro benzene ring substituents is 1. The second-order valence-electron chi connectivity index (χ2n) is 3.11. The van der Waals surface area contributed by atoms with Crippen molar-refractivity contribution in [2.45, 2.75) is 5.92 Å². The lowest BCUT2D eigenvalue weighted by molar-refractivity contribution is -0.389. The van der Waals surface area contributed by atoms with E-state index in [1.807, 2.05) is 0 Å². The summed E-state index contributed by atoms with van der Waals surface area (Å²) in [6.45, 7) is 0. The first-order valence-corrected chi connectivity index (χ1v) is 4.36. The Morgan fingerprint density at radius 1 is 1.50 bits per heavy atom. The van der Waals surface area contributed by atoms with Crippen LogP contribution in [0.5, 0.6) is 5.75 Å². The van der Waals surface area contributed by atoms with E-state index >= 15 is 0 Å². The van der Waals surface area contributed by atoms with Crippen LogP contribution in [-0.2, 0) is 10.7 Å². The Morgan fingerprint density at radius 3 is 2.44 bits per heavy atom. The van der Waals surface area contributed by atoms with Crippen LogP contribution < -0.4 is 4.74 Å². The number of ether oxygens (including phenoxy) is 1. The van der Waals surface area contributed by atoms with E-state index in [0.717, 1.165) is 7.11 Å². The van der Waals surface area contributed by atoms with Gasteiger partial charge in [-0.25, -0.2) is 4.79 Å². The number of benzene rings is 1. The van der Waals surface area contributed by atoms with Crippen molar-refractivity contribution < 1.29 is 32.7 Å². The van der Waals surface area contributed by atoms with Gasteiger partial charge in [0.15, 0.2) is 5.75 Å². The number of nitrogens with zero attached hydrogens (tertiary/aromatic N) is 1. The molecule has 0 bridgehead atoms. The maximum absolute atomic E-state index is 13.5. The van der Waals surface area contributed by atoms with Gasteiger partial charge >= 0.3 is 17.6 Å². The van der Waals surface area contributed by atoms with Crippen molar-refractivity contribution in [3.05, 3.63) is 33.6 Å². The van der Waals surface area contributed by atoms with Gasteiger partial charge in [0.05, 0.1) is 12.0 Å². The van der Waals surface area contributed by atoms with Gasteiger partial charge in [0.1, 0.15) is 5.56 Å². The maximum atomic E-state index is 13.5. The van der Waals surface area contributed by atoms with Gasteiger partial charge in [-0.05, 0) is 12.1 Å². The second kappa shape index (κ2) is 4.51. The molecule has 0 aliphatic heterocycles. The predicted molar refractivity (Wildman–Crippen MR) is 51.1 cm³/mol. The molecule has 0 heterocycles. The molecule has 0 amide bonds. The highest BCUT2D eigenvalue weighted by Gasteiger charge is 2.48. The van der Waals surface area contributed by atoms with Crippen LogP contribution in [0.4, 0.5) is 18.9 Å². The van der Waals surface area contributed by atoms with Gasteiger partial charge in [-0.2, -0.15) is 13.2 Å². The number of carbonyl (C=O) groups is 1. The summed E-state index contributed by atoms with van der Waals surface area (Å²) in [6.07, 6.45) is 0. The summed E-state index contributed by atoms with van der Waals surface area (Å²) < 4.78 is 44.3. The molecule has 6 nitrogen and oxygen atoms in total. The Labute approximate surface area is 97.7 Å². The number of carboxylic acid groups (broad SMARTS) is 1. The first-order chi connectivity index (χ1) is 8.23. The standard InChI is InChI=1S/C9H6F3NO5/c1-18-5-3-2-4(9(11,12)8(14)15)7(6(5)10)13(16)17/h2-3H,1H3,(H,14,15). The highest BCUT2D eigenvalue weighted by Crippen LogP contribution is 2.39. The monoisotopic (exact) mass is 265 g/mol. The number of hydrogen-bond donors (Lipinski definition) is 1. The molecule has 0 atom stereocenters. The number of hydrogen-bond acceptors (Lipinski definition) is 4. The molecule has 0 aliphatic carbocycles. The molecular weight excluding hydrogens is 259 g/mol. The molecule has 1 aromatic rings. The lowest BCUT2D eigenvalue weighted by Gasteiger charge is -2.13. The van der Waals surface area contributed by atoms with Crippen molar-refractivity contribution in [1.29, 1.82) is 0 Å². The van der Waals surface area contributed by atoms with Crippen LogP contribution in [0.25, 0.3) is 0 Å². The van der Waals surface area contributed by atoms with Crippen LogP contribution in [0.3, 0.4) is 0 Å². The maximum Gasteiger partial charge on any atom is 0.379 e. The molecular formula is C9H6F3NO5. The topological polar surface area (TPSA) is 89.7 Å². The number of methoxy groups -OCH3 is 1. The molecule has 0 fully saturated rings. The zero-order chi connectivity index (χ0) is 14.1. The smallest absolute Gasteiger partial charge is 0.379 e. The van der Waals surface area contributed by atoms with Crippen LogP contribution in [0, 0.1) is 15.9 Å². The average Bonchev–Trinajstić information content (AvgIpc) is 2.27. The highest BCUT2D eigenvalue weighted by molar-refractivity contribution is 5.79. The quantitative estimate of drug-likeness (QED) is 0.663. The van der Waals surface area contributed by atoms with Gasteiger partial charge in [0.2, 0.25) is 5.82 Å². The number of rotatable bonds is 4. The molecule has 0 aliphatic rings. The van der Waals surface area contributed by atoms with Crippen LogP contribution in [0.1, 0.15) is 5.56 Å². The lowest BCUT2D eigenvalue weighted by atomic mass is 10.1. The lowest BCUT2D eigenvalue weighted by Crippen LogP contribution is -2.26. The van der Waals surface area contributed by atoms with Crippen molar-refractivity contribution in [2.24, 2.45) is 0 Å². The Hall–Kier alpha value is -2.32. The molecule has 0 saturated carbocycles. The molecule has 0 spiro atoms. The van der Waals surface area contributed by atoms with Crippen molar-refractivity contribution in [3.63, 3.8) is 0 Å². The van der Waals surface area contributed by atoms with Gasteiger partial charge < -0.3 is 9.84 Å². The summed E-state index contributed by atoms with van der Waals surface area (Å²) in [5.41, 5.74) is -3.17. The van der Waals surface area contributed by atoms with E-state index in [9.17, 15) is 28.1 Å². The third kappa shape index (κ3) is 2.06. The second-order valence-corrected chi connectivity index (χ2v) is 3.11. The third-order valence-electron chi connectivity index (χ3n) is 2.09. The number of halogens is 3. The molecule has 0 aromatic heterocycles. The molecule has 0 saturated heterocycles. The SMILES string of the molecule is COc1ccc(C(F)(F)C(=O)O)c([N+](=O)[O-])c1F. The molecule has 0 unspecified atom stereocenters. The van der Waals surface area contributed by atoms with E-state index in [2.05, 4.69) is 4.74 Å². The van der Waals surface area contributed by atoms with E-state index in [4.69, 9.17) is 5.11 Å². The summed E-state index contributed by atoms with van der Waals surface area (Å²) in [5, 5.41) is 18.9. The number of carboxylic acids is 1. The van der Waals surface area contributed by atoms with Gasteiger partial charge in [-0.1, -0.05) is 0 Å². The fraction of sp³-hybridized carbons (Fsp3) is 0.222. The van der Waals surface area contributed by atoms with E-state index in [0.29, 0.717) is 12.1 Å². The molecule has 1 aromatic carbocycles. The summed E-state index contributed by atoms with van der Waals surface area (Å²) >= 11 is 0. The van der Waals surface area contributed by atoms with Crippen LogP contribution in [0.2, 0.25) is 0 Å². The number of alkyl halides is 2. The van der Waals surface area contributed by atoms with Gasteiger partial charge in [-0.3, -0.25) is 10.1 Å². The summed E-state index contributed by atoms with van der Waals surface area (Å²) in [5.74, 6) is -9.47. The van der Waals surface area contributed by atoms with E-state index < -0.39 is 39.6 Å². The van der Waals surface area contributed by atoms with Crippen molar-refractivity contribution in [1.82, 2.24) is 0 Å². The van der Waals surface area contributed by atoms with E-state index in [1.54, 1.807) is 0 Å². The van der Waals surface area contributed by atoms with Crippen LogP contribution >= 0.6 is 0 Å². The van der Waals surface area contributed by atoms with Crippen LogP contribution in [0.15, 0.2) is 12.1 Å². The first-order valence-electron chi connectivity index (χ1n) is 4.36. The Bertz CT molecular complexity index is 517. The Morgan fingerprint density at radius 2 is 2.06 bits per heavy atom. The molecule has 1 N–H and O–H groups in total. The minimum absolute atomic E-state index is 0.439. The first kappa shape index (κ1) is 13.7. The summed E-state index contributed by atoms with van der Waals surface area (Å²) in [4.78, 5) is 19.5. The van der Waals surface area contributed by atoms with Gasteiger partial charge in [0, 0.05) is 0 Å². The fourth-order valence-electron chi connectivity index (χ4n) is 1.25. The third-order valence-corrected chi connectivity index (χ3v) is 2.09. The minimum atomic E-state index is -4.57. The summed E-state index contributed by atoms with van der Waals surface area (Å²) in [6, 6.07) is 1.13. The molecule has 1 rings (SSSR count).